The molecule has 112 valence electrons. The minimum atomic E-state index is 0.0336. The molecule has 0 radical (unpaired) electrons. The van der Waals surface area contributed by atoms with Crippen LogP contribution in [0.15, 0.2) is 18.2 Å². The number of piperazine rings is 1. The molecule has 0 bridgehead atoms. The first-order valence-electron chi connectivity index (χ1n) is 7.32. The van der Waals surface area contributed by atoms with Crippen LogP contribution in [0.4, 0.5) is 11.4 Å². The van der Waals surface area contributed by atoms with Crippen LogP contribution in [0.2, 0.25) is 0 Å². The summed E-state index contributed by atoms with van der Waals surface area (Å²) in [6.07, 6.45) is 0. The Labute approximate surface area is 124 Å². The molecule has 6 nitrogen and oxygen atoms in total. The lowest BCUT2D eigenvalue weighted by Crippen LogP contribution is -2.50. The number of carbonyl (C=O) groups is 2. The van der Waals surface area contributed by atoms with Crippen molar-refractivity contribution in [3.8, 4) is 0 Å². The fraction of sp³-hybridized carbons (Fsp3) is 0.467. The molecule has 0 aromatic heterocycles. The molecule has 21 heavy (non-hydrogen) atoms. The molecule has 0 unspecified atom stereocenters. The van der Waals surface area contributed by atoms with Gasteiger partial charge in [-0.15, -0.1) is 0 Å². The molecule has 0 spiro atoms. The van der Waals surface area contributed by atoms with Crippen molar-refractivity contribution in [1.29, 1.82) is 0 Å². The van der Waals surface area contributed by atoms with Gasteiger partial charge in [0.1, 0.15) is 0 Å². The predicted octanol–water partition coefficient (Wildman–Crippen LogP) is 0.828. The predicted molar refractivity (Wildman–Crippen MR) is 81.6 cm³/mol. The lowest BCUT2D eigenvalue weighted by molar-refractivity contribution is -0.130. The zero-order valence-electron chi connectivity index (χ0n) is 12.2. The van der Waals surface area contributed by atoms with Crippen molar-refractivity contribution in [2.45, 2.75) is 6.92 Å². The van der Waals surface area contributed by atoms with Crippen molar-refractivity contribution in [2.75, 3.05) is 49.9 Å². The van der Waals surface area contributed by atoms with Crippen molar-refractivity contribution in [2.24, 2.45) is 0 Å². The highest BCUT2D eigenvalue weighted by Gasteiger charge is 2.26. The number of hydrogen-bond acceptors (Lipinski definition) is 4. The maximum atomic E-state index is 12.7. The Morgan fingerprint density at radius 1 is 1.00 bits per heavy atom. The highest BCUT2D eigenvalue weighted by molar-refractivity contribution is 6.02. The molecule has 1 fully saturated rings. The summed E-state index contributed by atoms with van der Waals surface area (Å²) in [5, 5.41) is 6.60. The van der Waals surface area contributed by atoms with Gasteiger partial charge >= 0.3 is 0 Å². The van der Waals surface area contributed by atoms with E-state index in [0.29, 0.717) is 31.7 Å². The van der Waals surface area contributed by atoms with E-state index in [0.717, 1.165) is 24.5 Å². The second-order valence-corrected chi connectivity index (χ2v) is 5.38. The Kier molecular flexibility index (Phi) is 3.68. The van der Waals surface area contributed by atoms with E-state index in [4.69, 9.17) is 0 Å². The van der Waals surface area contributed by atoms with Gasteiger partial charge in [0.05, 0.1) is 16.9 Å². The number of para-hydroxylation sites is 1. The number of nitrogens with zero attached hydrogens (tertiary/aromatic N) is 2. The van der Waals surface area contributed by atoms with Crippen molar-refractivity contribution in [1.82, 2.24) is 9.80 Å². The number of rotatable bonds is 1. The second kappa shape index (κ2) is 5.63. The van der Waals surface area contributed by atoms with Crippen LogP contribution in [0.25, 0.3) is 0 Å². The van der Waals surface area contributed by atoms with E-state index in [-0.39, 0.29) is 11.8 Å². The smallest absolute Gasteiger partial charge is 0.256 e. The number of benzene rings is 1. The fourth-order valence-electron chi connectivity index (χ4n) is 2.85. The summed E-state index contributed by atoms with van der Waals surface area (Å²) in [5.74, 6) is 0.108. The Hall–Kier alpha value is -2.24. The Morgan fingerprint density at radius 3 is 2.38 bits per heavy atom. The third-order valence-corrected chi connectivity index (χ3v) is 4.05. The minimum Gasteiger partial charge on any atom is -0.382 e. The van der Waals surface area contributed by atoms with Crippen LogP contribution >= 0.6 is 0 Å². The molecule has 6 heteroatoms. The largest absolute Gasteiger partial charge is 0.382 e. The van der Waals surface area contributed by atoms with Gasteiger partial charge in [0, 0.05) is 46.2 Å². The highest BCUT2D eigenvalue weighted by atomic mass is 16.2. The summed E-state index contributed by atoms with van der Waals surface area (Å²) in [6.45, 7) is 5.66. The number of hydrogen-bond donors (Lipinski definition) is 2. The zero-order chi connectivity index (χ0) is 14.8. The number of carbonyl (C=O) groups excluding carboxylic acids is 2. The fourth-order valence-corrected chi connectivity index (χ4v) is 2.85. The zero-order valence-corrected chi connectivity index (χ0v) is 12.2. The van der Waals surface area contributed by atoms with Crippen LogP contribution in [0.5, 0.6) is 0 Å². The molecule has 0 atom stereocenters. The van der Waals surface area contributed by atoms with Gasteiger partial charge in [-0.1, -0.05) is 6.07 Å². The van der Waals surface area contributed by atoms with Crippen LogP contribution in [0, 0.1) is 0 Å². The van der Waals surface area contributed by atoms with Gasteiger partial charge in [-0.3, -0.25) is 9.59 Å². The summed E-state index contributed by atoms with van der Waals surface area (Å²) in [5.41, 5.74) is 2.58. The van der Waals surface area contributed by atoms with E-state index < -0.39 is 0 Å². The van der Waals surface area contributed by atoms with Crippen LogP contribution in [0.3, 0.4) is 0 Å². The SMILES string of the molecule is CC(=O)N1CCN(C(=O)c2cccc3c2NCCN3)CC1. The van der Waals surface area contributed by atoms with Crippen LogP contribution in [0.1, 0.15) is 17.3 Å². The molecule has 2 heterocycles. The lowest BCUT2D eigenvalue weighted by atomic mass is 10.1. The third-order valence-electron chi connectivity index (χ3n) is 4.05. The van der Waals surface area contributed by atoms with E-state index in [1.807, 2.05) is 23.1 Å². The van der Waals surface area contributed by atoms with Gasteiger partial charge in [-0.2, -0.15) is 0 Å². The molecule has 2 N–H and O–H groups in total. The summed E-state index contributed by atoms with van der Waals surface area (Å²) in [4.78, 5) is 27.7. The molecule has 1 aromatic rings. The molecular formula is C15H20N4O2. The highest BCUT2D eigenvalue weighted by Crippen LogP contribution is 2.29. The molecule has 2 aliphatic rings. The minimum absolute atomic E-state index is 0.0336. The monoisotopic (exact) mass is 288 g/mol. The number of fused-ring (bicyclic) bond motifs is 1. The average molecular weight is 288 g/mol. The molecule has 1 saturated heterocycles. The van der Waals surface area contributed by atoms with Gasteiger partial charge in [0.2, 0.25) is 5.91 Å². The van der Waals surface area contributed by atoms with Gasteiger partial charge in [0.15, 0.2) is 0 Å². The van der Waals surface area contributed by atoms with Gasteiger partial charge in [-0.05, 0) is 12.1 Å². The van der Waals surface area contributed by atoms with Crippen molar-refractivity contribution in [3.05, 3.63) is 23.8 Å². The van der Waals surface area contributed by atoms with E-state index in [1.54, 1.807) is 11.8 Å². The van der Waals surface area contributed by atoms with Crippen molar-refractivity contribution >= 4 is 23.2 Å². The Morgan fingerprint density at radius 2 is 1.67 bits per heavy atom. The molecule has 2 aliphatic heterocycles. The maximum absolute atomic E-state index is 12.7. The normalized spacial score (nSPS) is 17.6. The molecule has 0 aliphatic carbocycles. The first kappa shape index (κ1) is 13.7. The summed E-state index contributed by atoms with van der Waals surface area (Å²) < 4.78 is 0. The molecular weight excluding hydrogens is 268 g/mol. The average Bonchev–Trinajstić information content (AvgIpc) is 2.53. The Bertz CT molecular complexity index is 565. The molecule has 0 saturated carbocycles. The van der Waals surface area contributed by atoms with Gasteiger partial charge in [-0.25, -0.2) is 0 Å². The van der Waals surface area contributed by atoms with Crippen LogP contribution in [-0.2, 0) is 4.79 Å². The van der Waals surface area contributed by atoms with Gasteiger partial charge in [0.25, 0.3) is 5.91 Å². The first-order valence-corrected chi connectivity index (χ1v) is 7.32. The standard InChI is InChI=1S/C15H20N4O2/c1-11(20)18-7-9-19(10-8-18)15(21)12-3-2-4-13-14(12)17-6-5-16-13/h2-4,16-17H,5-10H2,1H3. The quantitative estimate of drug-likeness (QED) is 0.803. The van der Waals surface area contributed by atoms with E-state index in [2.05, 4.69) is 10.6 Å². The number of nitrogens with one attached hydrogen (secondary N) is 2. The van der Waals surface area contributed by atoms with Crippen LogP contribution in [-0.4, -0.2) is 60.9 Å². The van der Waals surface area contributed by atoms with Crippen LogP contribution < -0.4 is 10.6 Å². The molecule has 3 rings (SSSR count). The topological polar surface area (TPSA) is 64.7 Å². The number of amides is 2. The van der Waals surface area contributed by atoms with E-state index >= 15 is 0 Å². The van der Waals surface area contributed by atoms with Crippen molar-refractivity contribution in [3.63, 3.8) is 0 Å². The summed E-state index contributed by atoms with van der Waals surface area (Å²) in [7, 11) is 0. The van der Waals surface area contributed by atoms with E-state index in [1.165, 1.54) is 0 Å². The summed E-state index contributed by atoms with van der Waals surface area (Å²) >= 11 is 0. The maximum Gasteiger partial charge on any atom is 0.256 e. The first-order chi connectivity index (χ1) is 10.2. The summed E-state index contributed by atoms with van der Waals surface area (Å²) in [6, 6.07) is 5.74. The third kappa shape index (κ3) is 2.66. The lowest BCUT2D eigenvalue weighted by Gasteiger charge is -2.35. The van der Waals surface area contributed by atoms with Gasteiger partial charge < -0.3 is 20.4 Å². The molecule has 1 aromatic carbocycles. The van der Waals surface area contributed by atoms with Crippen molar-refractivity contribution < 1.29 is 9.59 Å². The van der Waals surface area contributed by atoms with E-state index in [9.17, 15) is 9.59 Å². The Balaban J connectivity index is 1.76. The molecule has 2 amide bonds. The second-order valence-electron chi connectivity index (χ2n) is 5.38. The number of anilines is 2.